The molecule has 3 heterocycles. The Hall–Kier alpha value is -3.28. The third-order valence-corrected chi connectivity index (χ3v) is 9.01. The summed E-state index contributed by atoms with van der Waals surface area (Å²) in [6.07, 6.45) is 2.59. The summed E-state index contributed by atoms with van der Waals surface area (Å²) in [6, 6.07) is 9.81. The minimum absolute atomic E-state index is 0.139. The number of piperazine rings is 1. The van der Waals surface area contributed by atoms with Gasteiger partial charge in [0.15, 0.2) is 0 Å². The van der Waals surface area contributed by atoms with Crippen molar-refractivity contribution in [3.8, 4) is 5.69 Å². The average Bonchev–Trinajstić information content (AvgIpc) is 3.41. The number of urea groups is 1. The minimum Gasteiger partial charge on any atom is -0.338 e. The molecule has 11 heteroatoms. The fraction of sp³-hybridized carbons (Fsp3) is 0.600. The summed E-state index contributed by atoms with van der Waals surface area (Å²) in [5.74, 6) is 2.88. The maximum absolute atomic E-state index is 12.8. The predicted octanol–water partition coefficient (Wildman–Crippen LogP) is 1.35. The second kappa shape index (κ2) is 11.5. The number of hydrogen-bond donors (Lipinski definition) is 3. The van der Waals surface area contributed by atoms with Crippen molar-refractivity contribution in [3.05, 3.63) is 52.6 Å². The van der Waals surface area contributed by atoms with Gasteiger partial charge in [0.2, 0.25) is 5.91 Å². The van der Waals surface area contributed by atoms with Crippen LogP contribution in [0.25, 0.3) is 5.69 Å². The number of carbonyl (C=O) groups is 2. The fourth-order valence-corrected chi connectivity index (χ4v) is 6.50. The van der Waals surface area contributed by atoms with E-state index >= 15 is 0 Å². The molecule has 0 bridgehead atoms. The monoisotopic (exact) mass is 564 g/mol. The Kier molecular flexibility index (Phi) is 8.22. The van der Waals surface area contributed by atoms with Gasteiger partial charge in [-0.25, -0.2) is 9.59 Å². The third kappa shape index (κ3) is 6.32. The van der Waals surface area contributed by atoms with Crippen molar-refractivity contribution in [2.75, 3.05) is 51.1 Å². The quantitative estimate of drug-likeness (QED) is 0.439. The lowest BCUT2D eigenvalue weighted by atomic mass is 9.94. The van der Waals surface area contributed by atoms with E-state index in [1.807, 2.05) is 12.1 Å². The molecule has 1 aliphatic carbocycles. The van der Waals surface area contributed by atoms with Crippen LogP contribution in [0.2, 0.25) is 0 Å². The van der Waals surface area contributed by atoms with Crippen LogP contribution in [0.5, 0.6) is 0 Å². The summed E-state index contributed by atoms with van der Waals surface area (Å²) >= 11 is 0. The van der Waals surface area contributed by atoms with Crippen LogP contribution in [0.4, 0.5) is 10.6 Å². The Balaban J connectivity index is 1.16. The van der Waals surface area contributed by atoms with Gasteiger partial charge in [-0.1, -0.05) is 26.0 Å². The van der Waals surface area contributed by atoms with Crippen LogP contribution in [0.1, 0.15) is 33.3 Å². The molecule has 3 fully saturated rings. The van der Waals surface area contributed by atoms with Crippen molar-refractivity contribution >= 4 is 17.8 Å². The molecular weight excluding hydrogens is 520 g/mol. The first-order valence-electron chi connectivity index (χ1n) is 14.7. The van der Waals surface area contributed by atoms with E-state index in [0.29, 0.717) is 38.1 Å². The number of aromatic nitrogens is 2. The highest BCUT2D eigenvalue weighted by molar-refractivity contribution is 5.89. The molecule has 5 rings (SSSR count). The lowest BCUT2D eigenvalue weighted by Gasteiger charge is -2.37. The SMILES string of the molecule is CC(C)C(Cc1ccc(-n2ccc(NC(=O)N3CCN(C(=O)C(C)(C)N)CC3)nc2=O)cc1)N1CC2C(CN)C2C1. The Labute approximate surface area is 241 Å². The second-order valence-electron chi connectivity index (χ2n) is 12.8. The molecule has 41 heavy (non-hydrogen) atoms. The maximum atomic E-state index is 12.8. The highest BCUT2D eigenvalue weighted by Crippen LogP contribution is 2.51. The number of rotatable bonds is 8. The summed E-state index contributed by atoms with van der Waals surface area (Å²) in [4.78, 5) is 48.0. The largest absolute Gasteiger partial charge is 0.354 e. The minimum atomic E-state index is -0.946. The summed E-state index contributed by atoms with van der Waals surface area (Å²) in [5, 5.41) is 2.71. The van der Waals surface area contributed by atoms with Crippen molar-refractivity contribution in [3.63, 3.8) is 0 Å². The molecular formula is C30H44N8O3. The van der Waals surface area contributed by atoms with Crippen LogP contribution in [0.15, 0.2) is 41.3 Å². The van der Waals surface area contributed by atoms with Crippen molar-refractivity contribution < 1.29 is 9.59 Å². The van der Waals surface area contributed by atoms with E-state index in [0.717, 1.165) is 49.5 Å². The zero-order valence-electron chi connectivity index (χ0n) is 24.6. The van der Waals surface area contributed by atoms with Gasteiger partial charge < -0.3 is 21.3 Å². The van der Waals surface area contributed by atoms with E-state index < -0.39 is 11.2 Å². The number of likely N-dealkylation sites (tertiary alicyclic amines) is 1. The number of carbonyl (C=O) groups excluding carboxylic acids is 2. The molecule has 1 aromatic heterocycles. The molecule has 1 aromatic carbocycles. The first kappa shape index (κ1) is 29.2. The number of nitrogens with one attached hydrogen (secondary N) is 1. The molecule has 0 radical (unpaired) electrons. The predicted molar refractivity (Wildman–Crippen MR) is 159 cm³/mol. The van der Waals surface area contributed by atoms with Gasteiger partial charge in [-0.15, -0.1) is 0 Å². The van der Waals surface area contributed by atoms with Gasteiger partial charge in [-0.3, -0.25) is 19.6 Å². The number of piperidine rings is 1. The van der Waals surface area contributed by atoms with E-state index in [1.54, 1.807) is 35.9 Å². The van der Waals surface area contributed by atoms with E-state index in [4.69, 9.17) is 11.5 Å². The number of fused-ring (bicyclic) bond motifs is 1. The van der Waals surface area contributed by atoms with Crippen LogP contribution in [-0.2, 0) is 11.2 Å². The van der Waals surface area contributed by atoms with Gasteiger partial charge in [-0.2, -0.15) is 4.98 Å². The summed E-state index contributed by atoms with van der Waals surface area (Å²) < 4.78 is 1.47. The Morgan fingerprint density at radius 2 is 1.63 bits per heavy atom. The number of nitrogens with two attached hydrogens (primary N) is 2. The van der Waals surface area contributed by atoms with Crippen LogP contribution in [0.3, 0.4) is 0 Å². The van der Waals surface area contributed by atoms with Crippen molar-refractivity contribution in [1.29, 1.82) is 0 Å². The van der Waals surface area contributed by atoms with E-state index in [2.05, 4.69) is 41.2 Å². The molecule has 1 saturated carbocycles. The van der Waals surface area contributed by atoms with Crippen molar-refractivity contribution in [2.45, 2.75) is 45.7 Å². The molecule has 222 valence electrons. The van der Waals surface area contributed by atoms with Gasteiger partial charge in [0.25, 0.3) is 0 Å². The highest BCUT2D eigenvalue weighted by atomic mass is 16.2. The number of benzene rings is 1. The first-order chi connectivity index (χ1) is 19.5. The third-order valence-electron chi connectivity index (χ3n) is 9.01. The van der Waals surface area contributed by atoms with Crippen molar-refractivity contribution in [2.24, 2.45) is 35.1 Å². The molecule has 3 amide bonds. The van der Waals surface area contributed by atoms with Gasteiger partial charge in [0.05, 0.1) is 11.2 Å². The lowest BCUT2D eigenvalue weighted by molar-refractivity contribution is -0.137. The number of anilines is 1. The summed E-state index contributed by atoms with van der Waals surface area (Å²) in [5.41, 5.74) is 12.4. The number of nitrogens with zero attached hydrogens (tertiary/aromatic N) is 5. The fourth-order valence-electron chi connectivity index (χ4n) is 6.50. The Morgan fingerprint density at radius 3 is 2.17 bits per heavy atom. The first-order valence-corrected chi connectivity index (χ1v) is 14.7. The van der Waals surface area contributed by atoms with Crippen LogP contribution in [-0.4, -0.2) is 93.6 Å². The molecule has 3 aliphatic rings. The van der Waals surface area contributed by atoms with Crippen LogP contribution in [0, 0.1) is 23.7 Å². The van der Waals surface area contributed by atoms with Gasteiger partial charge in [0.1, 0.15) is 5.82 Å². The number of amides is 3. The number of hydrogen-bond acceptors (Lipinski definition) is 7. The molecule has 2 aromatic rings. The van der Waals surface area contributed by atoms with E-state index in [9.17, 15) is 14.4 Å². The van der Waals surface area contributed by atoms with Crippen LogP contribution < -0.4 is 22.5 Å². The molecule has 11 nitrogen and oxygen atoms in total. The second-order valence-corrected chi connectivity index (χ2v) is 12.8. The topological polar surface area (TPSA) is 143 Å². The standard InChI is InChI=1S/C30H44N8O3/c1-19(2)25(37-17-23-22(16-31)24(23)18-37)15-20-5-7-21(8-6-20)38-10-9-26(34-29(38)41)33-28(40)36-13-11-35(12-14-36)27(39)30(3,4)32/h5-10,19,22-25H,11-18,31-32H2,1-4H3,(H,33,34,40,41). The normalized spacial score (nSPS) is 23.4. The van der Waals surface area contributed by atoms with Crippen LogP contribution >= 0.6 is 0 Å². The van der Waals surface area contributed by atoms with E-state index in [1.165, 1.54) is 10.1 Å². The summed E-state index contributed by atoms with van der Waals surface area (Å²) in [6.45, 7) is 12.6. The van der Waals surface area contributed by atoms with E-state index in [-0.39, 0.29) is 17.8 Å². The van der Waals surface area contributed by atoms with Gasteiger partial charge in [0, 0.05) is 51.5 Å². The Bertz CT molecular complexity index is 1300. The smallest absolute Gasteiger partial charge is 0.338 e. The average molecular weight is 565 g/mol. The zero-order valence-corrected chi connectivity index (χ0v) is 24.6. The molecule has 2 saturated heterocycles. The molecule has 5 N–H and O–H groups in total. The Morgan fingerprint density at radius 1 is 1.02 bits per heavy atom. The maximum Gasteiger partial charge on any atom is 0.354 e. The van der Waals surface area contributed by atoms with Gasteiger partial charge >= 0.3 is 11.7 Å². The van der Waals surface area contributed by atoms with Gasteiger partial charge in [-0.05, 0) is 74.2 Å². The molecule has 3 atom stereocenters. The highest BCUT2D eigenvalue weighted by Gasteiger charge is 2.55. The van der Waals surface area contributed by atoms with Crippen molar-refractivity contribution in [1.82, 2.24) is 24.3 Å². The zero-order chi connectivity index (χ0) is 29.5. The molecule has 0 spiro atoms. The summed E-state index contributed by atoms with van der Waals surface area (Å²) in [7, 11) is 0. The molecule has 3 unspecified atom stereocenters. The lowest BCUT2D eigenvalue weighted by Crippen LogP contribution is -2.58. The molecule has 2 aliphatic heterocycles.